The van der Waals surface area contributed by atoms with Gasteiger partial charge in [0.15, 0.2) is 5.82 Å². The molecule has 2 aromatic heterocycles. The van der Waals surface area contributed by atoms with Gasteiger partial charge in [-0.05, 0) is 31.2 Å². The van der Waals surface area contributed by atoms with Crippen molar-refractivity contribution in [2.24, 2.45) is 0 Å². The van der Waals surface area contributed by atoms with E-state index in [0.717, 1.165) is 38.3 Å². The van der Waals surface area contributed by atoms with Crippen LogP contribution in [0.5, 0.6) is 0 Å². The third-order valence-electron chi connectivity index (χ3n) is 3.67. The third kappa shape index (κ3) is 3.02. The van der Waals surface area contributed by atoms with E-state index in [1.54, 1.807) is 12.4 Å². The predicted molar refractivity (Wildman–Crippen MR) is 74.2 cm³/mol. The number of nitrogens with one attached hydrogen (secondary N) is 1. The monoisotopic (exact) mass is 273 g/mol. The Morgan fingerprint density at radius 3 is 3.00 bits per heavy atom. The number of piperazine rings is 1. The van der Waals surface area contributed by atoms with Crippen molar-refractivity contribution >= 4 is 0 Å². The van der Waals surface area contributed by atoms with E-state index in [9.17, 15) is 0 Å². The normalized spacial score (nSPS) is 20.1. The SMILES string of the molecule is CN1CCNCC1c1noc(CCc2ccncc2)n1. The van der Waals surface area contributed by atoms with Crippen LogP contribution >= 0.6 is 0 Å². The maximum atomic E-state index is 5.36. The molecular weight excluding hydrogens is 254 g/mol. The smallest absolute Gasteiger partial charge is 0.227 e. The maximum Gasteiger partial charge on any atom is 0.227 e. The van der Waals surface area contributed by atoms with Crippen molar-refractivity contribution in [1.82, 2.24) is 25.3 Å². The van der Waals surface area contributed by atoms with Gasteiger partial charge in [0.05, 0.1) is 6.04 Å². The number of likely N-dealkylation sites (N-methyl/N-ethyl adjacent to an activating group) is 1. The zero-order valence-electron chi connectivity index (χ0n) is 11.6. The molecule has 1 N–H and O–H groups in total. The van der Waals surface area contributed by atoms with Crippen LogP contribution in [0.1, 0.15) is 23.3 Å². The van der Waals surface area contributed by atoms with E-state index in [1.807, 2.05) is 12.1 Å². The molecule has 6 nitrogen and oxygen atoms in total. The molecule has 1 aliphatic heterocycles. The highest BCUT2D eigenvalue weighted by atomic mass is 16.5. The Bertz CT molecular complexity index is 542. The highest BCUT2D eigenvalue weighted by Crippen LogP contribution is 2.18. The third-order valence-corrected chi connectivity index (χ3v) is 3.67. The van der Waals surface area contributed by atoms with Crippen molar-refractivity contribution in [3.8, 4) is 0 Å². The molecular formula is C14H19N5O. The van der Waals surface area contributed by atoms with Gasteiger partial charge in [0.1, 0.15) is 0 Å². The van der Waals surface area contributed by atoms with Crippen LogP contribution < -0.4 is 5.32 Å². The van der Waals surface area contributed by atoms with Gasteiger partial charge in [-0.25, -0.2) is 0 Å². The Balaban J connectivity index is 1.62. The van der Waals surface area contributed by atoms with Crippen LogP contribution in [-0.4, -0.2) is 46.7 Å². The molecule has 6 heteroatoms. The number of hydrogen-bond donors (Lipinski definition) is 1. The summed E-state index contributed by atoms with van der Waals surface area (Å²) >= 11 is 0. The largest absolute Gasteiger partial charge is 0.339 e. The van der Waals surface area contributed by atoms with Crippen LogP contribution in [-0.2, 0) is 12.8 Å². The summed E-state index contributed by atoms with van der Waals surface area (Å²) in [5.41, 5.74) is 1.23. The molecule has 0 aromatic carbocycles. The molecule has 0 aliphatic carbocycles. The van der Waals surface area contributed by atoms with E-state index in [0.29, 0.717) is 5.89 Å². The molecule has 0 radical (unpaired) electrons. The highest BCUT2D eigenvalue weighted by Gasteiger charge is 2.24. The molecule has 3 heterocycles. The topological polar surface area (TPSA) is 67.1 Å². The Kier molecular flexibility index (Phi) is 4.03. The van der Waals surface area contributed by atoms with Crippen molar-refractivity contribution in [3.63, 3.8) is 0 Å². The molecule has 2 aromatic rings. The summed E-state index contributed by atoms with van der Waals surface area (Å²) in [7, 11) is 2.10. The number of aromatic nitrogens is 3. The van der Waals surface area contributed by atoms with E-state index in [1.165, 1.54) is 5.56 Å². The molecule has 1 saturated heterocycles. The van der Waals surface area contributed by atoms with Crippen LogP contribution in [0, 0.1) is 0 Å². The number of nitrogens with zero attached hydrogens (tertiary/aromatic N) is 4. The van der Waals surface area contributed by atoms with Crippen LogP contribution in [0.25, 0.3) is 0 Å². The Morgan fingerprint density at radius 2 is 2.20 bits per heavy atom. The second-order valence-corrected chi connectivity index (χ2v) is 5.10. The van der Waals surface area contributed by atoms with Gasteiger partial charge in [0, 0.05) is 38.4 Å². The van der Waals surface area contributed by atoms with Gasteiger partial charge < -0.3 is 9.84 Å². The average molecular weight is 273 g/mol. The first-order valence-electron chi connectivity index (χ1n) is 6.95. The lowest BCUT2D eigenvalue weighted by atomic mass is 10.1. The zero-order chi connectivity index (χ0) is 13.8. The quantitative estimate of drug-likeness (QED) is 0.890. The summed E-state index contributed by atoms with van der Waals surface area (Å²) in [6, 6.07) is 4.23. The van der Waals surface area contributed by atoms with Crippen LogP contribution in [0.15, 0.2) is 29.0 Å². The van der Waals surface area contributed by atoms with Gasteiger partial charge in [0.2, 0.25) is 5.89 Å². The van der Waals surface area contributed by atoms with Crippen molar-refractivity contribution < 1.29 is 4.52 Å². The van der Waals surface area contributed by atoms with Crippen molar-refractivity contribution in [2.45, 2.75) is 18.9 Å². The molecule has 0 bridgehead atoms. The minimum Gasteiger partial charge on any atom is -0.339 e. The molecule has 106 valence electrons. The molecule has 0 spiro atoms. The van der Waals surface area contributed by atoms with Gasteiger partial charge in [-0.3, -0.25) is 9.88 Å². The molecule has 0 amide bonds. The van der Waals surface area contributed by atoms with E-state index in [2.05, 4.69) is 32.4 Å². The van der Waals surface area contributed by atoms with Crippen molar-refractivity contribution in [1.29, 1.82) is 0 Å². The van der Waals surface area contributed by atoms with Gasteiger partial charge in [-0.1, -0.05) is 5.16 Å². The summed E-state index contributed by atoms with van der Waals surface area (Å²) in [6.45, 7) is 2.89. The zero-order valence-corrected chi connectivity index (χ0v) is 11.6. The predicted octanol–water partition coefficient (Wildman–Crippen LogP) is 0.826. The first-order valence-corrected chi connectivity index (χ1v) is 6.95. The fraction of sp³-hybridized carbons (Fsp3) is 0.500. The molecule has 1 atom stereocenters. The summed E-state index contributed by atoms with van der Waals surface area (Å²) in [6.07, 6.45) is 5.26. The molecule has 1 aliphatic rings. The molecule has 3 rings (SSSR count). The van der Waals surface area contributed by atoms with Crippen LogP contribution in [0.4, 0.5) is 0 Å². The first kappa shape index (κ1) is 13.2. The lowest BCUT2D eigenvalue weighted by Gasteiger charge is -2.30. The summed E-state index contributed by atoms with van der Waals surface area (Å²) in [5.74, 6) is 1.49. The van der Waals surface area contributed by atoms with Gasteiger partial charge in [-0.2, -0.15) is 4.98 Å². The number of pyridine rings is 1. The molecule has 1 unspecified atom stereocenters. The lowest BCUT2D eigenvalue weighted by molar-refractivity contribution is 0.190. The summed E-state index contributed by atoms with van der Waals surface area (Å²) in [4.78, 5) is 10.8. The Hall–Kier alpha value is -1.79. The van der Waals surface area contributed by atoms with Crippen molar-refractivity contribution in [3.05, 3.63) is 41.8 Å². The van der Waals surface area contributed by atoms with Gasteiger partial charge >= 0.3 is 0 Å². The van der Waals surface area contributed by atoms with Crippen LogP contribution in [0.3, 0.4) is 0 Å². The number of rotatable bonds is 4. The number of aryl methyl sites for hydroxylation is 2. The van der Waals surface area contributed by atoms with Gasteiger partial charge in [0.25, 0.3) is 0 Å². The minimum atomic E-state index is 0.210. The fourth-order valence-electron chi connectivity index (χ4n) is 2.40. The standard InChI is InChI=1S/C14H19N5O/c1-19-9-8-16-10-12(19)14-17-13(20-18-14)3-2-11-4-6-15-7-5-11/h4-7,12,16H,2-3,8-10H2,1H3. The highest BCUT2D eigenvalue weighted by molar-refractivity contribution is 5.10. The van der Waals surface area contributed by atoms with Gasteiger partial charge in [-0.15, -0.1) is 0 Å². The van der Waals surface area contributed by atoms with Crippen molar-refractivity contribution in [2.75, 3.05) is 26.7 Å². The number of hydrogen-bond acceptors (Lipinski definition) is 6. The second kappa shape index (κ2) is 6.11. The summed E-state index contributed by atoms with van der Waals surface area (Å²) in [5, 5.41) is 7.48. The second-order valence-electron chi connectivity index (χ2n) is 5.10. The average Bonchev–Trinajstić information content (AvgIpc) is 2.95. The van der Waals surface area contributed by atoms with E-state index in [4.69, 9.17) is 4.52 Å². The first-order chi connectivity index (χ1) is 9.83. The Labute approximate surface area is 118 Å². The lowest BCUT2D eigenvalue weighted by Crippen LogP contribution is -2.44. The summed E-state index contributed by atoms with van der Waals surface area (Å²) < 4.78 is 5.36. The molecule has 1 fully saturated rings. The molecule has 20 heavy (non-hydrogen) atoms. The maximum absolute atomic E-state index is 5.36. The minimum absolute atomic E-state index is 0.210. The fourth-order valence-corrected chi connectivity index (χ4v) is 2.40. The van der Waals surface area contributed by atoms with E-state index >= 15 is 0 Å². The van der Waals surface area contributed by atoms with E-state index < -0.39 is 0 Å². The molecule has 0 saturated carbocycles. The Morgan fingerprint density at radius 1 is 1.35 bits per heavy atom. The van der Waals surface area contributed by atoms with E-state index in [-0.39, 0.29) is 6.04 Å². The van der Waals surface area contributed by atoms with Crippen LogP contribution in [0.2, 0.25) is 0 Å².